The Hall–Kier alpha value is -2.03. The monoisotopic (exact) mass is 382 g/mol. The number of H-pyrrole nitrogens is 1. The lowest BCUT2D eigenvalue weighted by atomic mass is 9.69. The molecule has 1 aliphatic heterocycles. The molecule has 2 aliphatic rings. The van der Waals surface area contributed by atoms with Gasteiger partial charge in [0.05, 0.1) is 7.98 Å². The molecule has 1 aliphatic carbocycles. The van der Waals surface area contributed by atoms with Crippen LogP contribution in [-0.4, -0.2) is 57.8 Å². The van der Waals surface area contributed by atoms with Gasteiger partial charge >= 0.3 is 11.9 Å². The van der Waals surface area contributed by atoms with E-state index in [1.54, 1.807) is 6.92 Å². The van der Waals surface area contributed by atoms with Gasteiger partial charge in [0.25, 0.3) is 0 Å². The fourth-order valence-corrected chi connectivity index (χ4v) is 3.83. The number of aromatic amines is 1. The molecule has 5 atom stereocenters. The molecule has 0 unspecified atom stereocenters. The van der Waals surface area contributed by atoms with Crippen LogP contribution in [0, 0.1) is 17.8 Å². The summed E-state index contributed by atoms with van der Waals surface area (Å²) in [6.45, 7) is 1.31. The fraction of sp³-hybridized carbons (Fsp3) is 0.833. The highest BCUT2D eigenvalue weighted by molar-refractivity contribution is 5.81. The summed E-state index contributed by atoms with van der Waals surface area (Å²) in [6, 6.07) is -1.96. The number of carbonyl (C=O) groups is 2. The summed E-state index contributed by atoms with van der Waals surface area (Å²) in [5.41, 5.74) is 0. The SMILES string of the molecule is [2H]C1([2H])N[C@]([2H])(C(=O)O[C@@H](C)C(=O)OCC)C[C@H]2C[C@@H](CCc3nn[nH]n3)CC[C@H]21. The first-order chi connectivity index (χ1) is 14.1. The maximum atomic E-state index is 12.7. The van der Waals surface area contributed by atoms with Gasteiger partial charge in [0.15, 0.2) is 11.9 Å². The molecule has 0 aromatic carbocycles. The second kappa shape index (κ2) is 9.25. The van der Waals surface area contributed by atoms with Gasteiger partial charge in [-0.3, -0.25) is 4.79 Å². The molecule has 9 nitrogen and oxygen atoms in total. The summed E-state index contributed by atoms with van der Waals surface area (Å²) >= 11 is 0. The van der Waals surface area contributed by atoms with Gasteiger partial charge in [0.2, 0.25) is 0 Å². The van der Waals surface area contributed by atoms with Crippen molar-refractivity contribution < 1.29 is 23.2 Å². The molecule has 1 saturated heterocycles. The first kappa shape index (κ1) is 16.0. The Balaban J connectivity index is 1.65. The summed E-state index contributed by atoms with van der Waals surface area (Å²) in [5, 5.41) is 16.5. The third-order valence-corrected chi connectivity index (χ3v) is 5.28. The van der Waals surface area contributed by atoms with Gasteiger partial charge in [-0.15, -0.1) is 10.2 Å². The minimum Gasteiger partial charge on any atom is -0.463 e. The highest BCUT2D eigenvalue weighted by Crippen LogP contribution is 2.40. The number of hydrogen-bond donors (Lipinski definition) is 2. The van der Waals surface area contributed by atoms with Crippen LogP contribution in [0.25, 0.3) is 0 Å². The average Bonchev–Trinajstić information content (AvgIpc) is 3.19. The average molecular weight is 382 g/mol. The second-order valence-electron chi connectivity index (χ2n) is 7.16. The first-order valence-corrected chi connectivity index (χ1v) is 9.54. The standard InChI is InChI=1S/C18H29N5O4/c1-3-26-17(24)11(2)27-18(25)15-9-14-8-12(4-6-13(14)10-19-15)5-7-16-20-22-23-21-16/h11-15,19H,3-10H2,1-2H3,(H,20,21,22,23)/t11-,12+,13-,14+,15-/m0/s1/i10D2,15D. The van der Waals surface area contributed by atoms with Crippen LogP contribution in [0.15, 0.2) is 0 Å². The Morgan fingerprint density at radius 1 is 1.37 bits per heavy atom. The van der Waals surface area contributed by atoms with E-state index in [9.17, 15) is 9.59 Å². The summed E-state index contributed by atoms with van der Waals surface area (Å²) in [4.78, 5) is 24.5. The van der Waals surface area contributed by atoms with E-state index < -0.39 is 30.6 Å². The predicted octanol–water partition coefficient (Wildman–Crippen LogP) is 1.02. The molecule has 0 bridgehead atoms. The van der Waals surface area contributed by atoms with Gasteiger partial charge < -0.3 is 14.8 Å². The molecule has 1 saturated carbocycles. The smallest absolute Gasteiger partial charge is 0.347 e. The van der Waals surface area contributed by atoms with Crippen LogP contribution in [0.5, 0.6) is 0 Å². The molecule has 2 N–H and O–H groups in total. The molecular weight excluding hydrogens is 350 g/mol. The lowest BCUT2D eigenvalue weighted by Gasteiger charge is -2.42. The summed E-state index contributed by atoms with van der Waals surface area (Å²) < 4.78 is 35.4. The quantitative estimate of drug-likeness (QED) is 0.671. The van der Waals surface area contributed by atoms with E-state index in [2.05, 4.69) is 25.9 Å². The van der Waals surface area contributed by atoms with Gasteiger partial charge in [-0.2, -0.15) is 5.21 Å². The molecule has 1 aromatic heterocycles. The van der Waals surface area contributed by atoms with Gasteiger partial charge in [-0.25, -0.2) is 4.79 Å². The summed E-state index contributed by atoms with van der Waals surface area (Å²) in [6.07, 6.45) is 2.75. The van der Waals surface area contributed by atoms with E-state index in [0.29, 0.717) is 31.0 Å². The molecule has 2 fully saturated rings. The van der Waals surface area contributed by atoms with Crippen molar-refractivity contribution in [2.75, 3.05) is 13.1 Å². The van der Waals surface area contributed by atoms with Gasteiger partial charge in [0, 0.05) is 9.16 Å². The Labute approximate surface area is 163 Å². The molecule has 0 amide bonds. The zero-order valence-corrected chi connectivity index (χ0v) is 15.7. The van der Waals surface area contributed by atoms with Crippen LogP contribution in [0.3, 0.4) is 0 Å². The van der Waals surface area contributed by atoms with Crippen molar-refractivity contribution in [3.63, 3.8) is 0 Å². The number of aryl methyl sites for hydroxylation is 1. The van der Waals surface area contributed by atoms with E-state index in [1.807, 2.05) is 0 Å². The molecule has 27 heavy (non-hydrogen) atoms. The number of aromatic nitrogens is 4. The molecule has 0 radical (unpaired) electrons. The van der Waals surface area contributed by atoms with Crippen molar-refractivity contribution in [2.45, 2.75) is 64.5 Å². The molecule has 9 heteroatoms. The Bertz CT molecular complexity index is 750. The number of ether oxygens (including phenoxy) is 2. The maximum absolute atomic E-state index is 12.7. The minimum absolute atomic E-state index is 0.129. The van der Waals surface area contributed by atoms with E-state index >= 15 is 0 Å². The summed E-state index contributed by atoms with van der Waals surface area (Å²) in [5.74, 6) is -1.10. The van der Waals surface area contributed by atoms with Crippen molar-refractivity contribution in [3.05, 3.63) is 5.82 Å². The highest BCUT2D eigenvalue weighted by atomic mass is 16.6. The maximum Gasteiger partial charge on any atom is 0.347 e. The number of tetrazole rings is 1. The predicted molar refractivity (Wildman–Crippen MR) is 95.4 cm³/mol. The van der Waals surface area contributed by atoms with Gasteiger partial charge in [-0.1, -0.05) is 11.6 Å². The molecule has 0 spiro atoms. The normalized spacial score (nSPS) is 35.0. The number of piperidine rings is 1. The molecule has 2 heterocycles. The van der Waals surface area contributed by atoms with Crippen LogP contribution in [0.4, 0.5) is 0 Å². The van der Waals surface area contributed by atoms with Crippen LogP contribution < -0.4 is 5.32 Å². The van der Waals surface area contributed by atoms with Crippen LogP contribution in [0.1, 0.15) is 55.9 Å². The number of esters is 2. The number of rotatable bonds is 7. The van der Waals surface area contributed by atoms with Crippen molar-refractivity contribution in [1.82, 2.24) is 25.9 Å². The third kappa shape index (κ3) is 5.24. The Morgan fingerprint density at radius 3 is 2.96 bits per heavy atom. The van der Waals surface area contributed by atoms with Crippen molar-refractivity contribution >= 4 is 11.9 Å². The van der Waals surface area contributed by atoms with Gasteiger partial charge in [0.1, 0.15) is 6.02 Å². The molecule has 3 rings (SSSR count). The van der Waals surface area contributed by atoms with Crippen LogP contribution >= 0.6 is 0 Å². The second-order valence-corrected chi connectivity index (χ2v) is 7.16. The zero-order chi connectivity index (χ0) is 21.9. The van der Waals surface area contributed by atoms with E-state index in [-0.39, 0.29) is 24.9 Å². The van der Waals surface area contributed by atoms with Crippen molar-refractivity contribution in [3.8, 4) is 0 Å². The number of carbonyl (C=O) groups excluding carboxylic acids is 2. The lowest BCUT2D eigenvalue weighted by molar-refractivity contribution is -0.168. The fourth-order valence-electron chi connectivity index (χ4n) is 3.83. The number of nitrogens with one attached hydrogen (secondary N) is 2. The number of fused-ring (bicyclic) bond motifs is 1. The molecular formula is C18H29N5O4. The Morgan fingerprint density at radius 2 is 2.22 bits per heavy atom. The Kier molecular flexibility index (Phi) is 5.47. The zero-order valence-electron chi connectivity index (χ0n) is 18.7. The summed E-state index contributed by atoms with van der Waals surface area (Å²) in [7, 11) is 0. The van der Waals surface area contributed by atoms with Crippen LogP contribution in [-0.2, 0) is 25.5 Å². The van der Waals surface area contributed by atoms with Gasteiger partial charge in [-0.05, 0) is 63.8 Å². The third-order valence-electron chi connectivity index (χ3n) is 5.28. The van der Waals surface area contributed by atoms with E-state index in [4.69, 9.17) is 13.6 Å². The van der Waals surface area contributed by atoms with Crippen molar-refractivity contribution in [2.24, 2.45) is 17.8 Å². The van der Waals surface area contributed by atoms with Crippen LogP contribution in [0.2, 0.25) is 0 Å². The van der Waals surface area contributed by atoms with E-state index in [1.165, 1.54) is 6.92 Å². The number of nitrogens with zero attached hydrogens (tertiary/aromatic N) is 3. The largest absolute Gasteiger partial charge is 0.463 e. The van der Waals surface area contributed by atoms with Crippen molar-refractivity contribution in [1.29, 1.82) is 0 Å². The molecule has 150 valence electrons. The topological polar surface area (TPSA) is 119 Å². The first-order valence-electron chi connectivity index (χ1n) is 11.0. The lowest BCUT2D eigenvalue weighted by Crippen LogP contribution is -2.51. The van der Waals surface area contributed by atoms with E-state index in [0.717, 1.165) is 12.8 Å². The minimum atomic E-state index is -1.96. The highest BCUT2D eigenvalue weighted by Gasteiger charge is 2.38. The number of hydrogen-bond acceptors (Lipinski definition) is 8. The molecule has 1 aromatic rings.